The van der Waals surface area contributed by atoms with Crippen LogP contribution in [0.5, 0.6) is 0 Å². The largest absolute Gasteiger partial charge is 0.465 e. The van der Waals surface area contributed by atoms with Gasteiger partial charge in [-0.15, -0.1) is 0 Å². The van der Waals surface area contributed by atoms with Gasteiger partial charge in [0.05, 0.1) is 6.61 Å². The van der Waals surface area contributed by atoms with E-state index >= 15 is 0 Å². The summed E-state index contributed by atoms with van der Waals surface area (Å²) in [4.78, 5) is 11.2. The predicted molar refractivity (Wildman–Crippen MR) is 51.4 cm³/mol. The number of rotatable bonds is 5. The maximum Gasteiger partial charge on any atom is 0.322 e. The molecule has 3 unspecified atom stereocenters. The second kappa shape index (κ2) is 4.61. The van der Waals surface area contributed by atoms with Crippen LogP contribution in [0.3, 0.4) is 0 Å². The summed E-state index contributed by atoms with van der Waals surface area (Å²) in [6.07, 6.45) is 1.29. The maximum atomic E-state index is 11.2. The first-order valence-electron chi connectivity index (χ1n) is 5.05. The molecule has 1 N–H and O–H groups in total. The summed E-state index contributed by atoms with van der Waals surface area (Å²) >= 11 is 0. The van der Waals surface area contributed by atoms with Crippen molar-refractivity contribution in [2.75, 3.05) is 13.2 Å². The van der Waals surface area contributed by atoms with Crippen molar-refractivity contribution in [3.8, 4) is 0 Å². The third-order valence-electron chi connectivity index (χ3n) is 2.60. The van der Waals surface area contributed by atoms with E-state index < -0.39 is 0 Å². The van der Waals surface area contributed by atoms with Gasteiger partial charge in [-0.25, -0.2) is 0 Å². The fourth-order valence-corrected chi connectivity index (χ4v) is 1.36. The third kappa shape index (κ3) is 3.35. The molecule has 0 radical (unpaired) electrons. The number of nitrogens with one attached hydrogen (secondary N) is 1. The summed E-state index contributed by atoms with van der Waals surface area (Å²) in [6.45, 7) is 7.33. The Balaban J connectivity index is 2.09. The Kier molecular flexibility index (Phi) is 3.72. The molecule has 1 fully saturated rings. The number of hydrogen-bond donors (Lipinski definition) is 1. The average Bonchev–Trinajstić information content (AvgIpc) is 2.78. The van der Waals surface area contributed by atoms with Crippen LogP contribution in [-0.4, -0.2) is 25.2 Å². The minimum atomic E-state index is -0.159. The SMILES string of the molecule is CCOC(=O)C(C)NCC1CC1C. The van der Waals surface area contributed by atoms with Gasteiger partial charge in [0.2, 0.25) is 0 Å². The van der Waals surface area contributed by atoms with Crippen LogP contribution in [-0.2, 0) is 9.53 Å². The van der Waals surface area contributed by atoms with Crippen LogP contribution in [0.15, 0.2) is 0 Å². The molecule has 3 heteroatoms. The normalized spacial score (nSPS) is 28.2. The highest BCUT2D eigenvalue weighted by atomic mass is 16.5. The zero-order valence-corrected chi connectivity index (χ0v) is 8.67. The second-order valence-electron chi connectivity index (χ2n) is 3.86. The monoisotopic (exact) mass is 185 g/mol. The zero-order valence-electron chi connectivity index (χ0n) is 8.67. The number of esters is 1. The molecule has 1 aliphatic carbocycles. The van der Waals surface area contributed by atoms with Crippen LogP contribution < -0.4 is 5.32 Å². The molecule has 0 spiro atoms. The fraction of sp³-hybridized carbons (Fsp3) is 0.900. The number of carbonyl (C=O) groups excluding carboxylic acids is 1. The Hall–Kier alpha value is -0.570. The van der Waals surface area contributed by atoms with Crippen LogP contribution >= 0.6 is 0 Å². The molecule has 0 aromatic carbocycles. The summed E-state index contributed by atoms with van der Waals surface area (Å²) in [5.41, 5.74) is 0. The van der Waals surface area contributed by atoms with Crippen molar-refractivity contribution in [3.05, 3.63) is 0 Å². The van der Waals surface area contributed by atoms with Gasteiger partial charge in [0.25, 0.3) is 0 Å². The van der Waals surface area contributed by atoms with Gasteiger partial charge in [-0.2, -0.15) is 0 Å². The minimum absolute atomic E-state index is 0.143. The molecule has 3 nitrogen and oxygen atoms in total. The third-order valence-corrected chi connectivity index (χ3v) is 2.60. The van der Waals surface area contributed by atoms with Gasteiger partial charge in [0.1, 0.15) is 6.04 Å². The van der Waals surface area contributed by atoms with E-state index in [1.54, 1.807) is 0 Å². The molecule has 3 atom stereocenters. The molecule has 0 aromatic rings. The Morgan fingerprint density at radius 3 is 2.77 bits per heavy atom. The minimum Gasteiger partial charge on any atom is -0.465 e. The van der Waals surface area contributed by atoms with E-state index in [0.29, 0.717) is 6.61 Å². The van der Waals surface area contributed by atoms with E-state index in [-0.39, 0.29) is 12.0 Å². The lowest BCUT2D eigenvalue weighted by atomic mass is 10.3. The molecular formula is C10H19NO2. The highest BCUT2D eigenvalue weighted by molar-refractivity contribution is 5.75. The molecule has 0 amide bonds. The predicted octanol–water partition coefficient (Wildman–Crippen LogP) is 1.18. The average molecular weight is 185 g/mol. The summed E-state index contributed by atoms with van der Waals surface area (Å²) in [5.74, 6) is 1.47. The van der Waals surface area contributed by atoms with Gasteiger partial charge >= 0.3 is 5.97 Å². The van der Waals surface area contributed by atoms with Crippen molar-refractivity contribution in [1.82, 2.24) is 5.32 Å². The molecule has 0 aliphatic heterocycles. The van der Waals surface area contributed by atoms with Crippen LogP contribution in [0.1, 0.15) is 27.2 Å². The summed E-state index contributed by atoms with van der Waals surface area (Å²) in [7, 11) is 0. The molecule has 1 aliphatic rings. The Morgan fingerprint density at radius 2 is 2.31 bits per heavy atom. The highest BCUT2D eigenvalue weighted by Crippen LogP contribution is 2.36. The lowest BCUT2D eigenvalue weighted by Crippen LogP contribution is -2.36. The lowest BCUT2D eigenvalue weighted by molar-refractivity contribution is -0.145. The van der Waals surface area contributed by atoms with Crippen molar-refractivity contribution in [3.63, 3.8) is 0 Å². The standard InChI is InChI=1S/C10H19NO2/c1-4-13-10(12)8(3)11-6-9-5-7(9)2/h7-9,11H,4-6H2,1-3H3. The molecule has 1 rings (SSSR count). The van der Waals surface area contributed by atoms with Gasteiger partial charge in [-0.1, -0.05) is 6.92 Å². The topological polar surface area (TPSA) is 38.3 Å². The zero-order chi connectivity index (χ0) is 9.84. The van der Waals surface area contributed by atoms with E-state index in [1.807, 2.05) is 13.8 Å². The van der Waals surface area contributed by atoms with E-state index in [1.165, 1.54) is 6.42 Å². The van der Waals surface area contributed by atoms with Crippen molar-refractivity contribution in [2.45, 2.75) is 33.2 Å². The number of carbonyl (C=O) groups is 1. The lowest BCUT2D eigenvalue weighted by Gasteiger charge is -2.11. The van der Waals surface area contributed by atoms with E-state index in [0.717, 1.165) is 18.4 Å². The van der Waals surface area contributed by atoms with Gasteiger partial charge < -0.3 is 10.1 Å². The first kappa shape index (κ1) is 10.5. The van der Waals surface area contributed by atoms with Crippen molar-refractivity contribution in [1.29, 1.82) is 0 Å². The van der Waals surface area contributed by atoms with E-state index in [4.69, 9.17) is 4.74 Å². The van der Waals surface area contributed by atoms with Gasteiger partial charge in [-0.3, -0.25) is 4.79 Å². The van der Waals surface area contributed by atoms with E-state index in [2.05, 4.69) is 12.2 Å². The van der Waals surface area contributed by atoms with Crippen molar-refractivity contribution < 1.29 is 9.53 Å². The van der Waals surface area contributed by atoms with Crippen LogP contribution in [0, 0.1) is 11.8 Å². The van der Waals surface area contributed by atoms with Crippen molar-refractivity contribution in [2.24, 2.45) is 11.8 Å². The summed E-state index contributed by atoms with van der Waals surface area (Å²) < 4.78 is 4.88. The van der Waals surface area contributed by atoms with Gasteiger partial charge in [0.15, 0.2) is 0 Å². The molecule has 0 aromatic heterocycles. The summed E-state index contributed by atoms with van der Waals surface area (Å²) in [5, 5.41) is 3.18. The first-order valence-corrected chi connectivity index (χ1v) is 5.05. The fourth-order valence-electron chi connectivity index (χ4n) is 1.36. The van der Waals surface area contributed by atoms with Crippen LogP contribution in [0.25, 0.3) is 0 Å². The summed E-state index contributed by atoms with van der Waals surface area (Å²) in [6, 6.07) is -0.159. The Bertz CT molecular complexity index is 182. The van der Waals surface area contributed by atoms with Gasteiger partial charge in [-0.05, 0) is 38.6 Å². The molecule has 13 heavy (non-hydrogen) atoms. The quantitative estimate of drug-likeness (QED) is 0.654. The van der Waals surface area contributed by atoms with E-state index in [9.17, 15) is 4.79 Å². The highest BCUT2D eigenvalue weighted by Gasteiger charge is 2.32. The second-order valence-corrected chi connectivity index (χ2v) is 3.86. The Morgan fingerprint density at radius 1 is 1.69 bits per heavy atom. The molecule has 0 saturated heterocycles. The smallest absolute Gasteiger partial charge is 0.322 e. The number of ether oxygens (including phenoxy) is 1. The molecular weight excluding hydrogens is 166 g/mol. The molecule has 76 valence electrons. The molecule has 1 saturated carbocycles. The maximum absolute atomic E-state index is 11.2. The number of hydrogen-bond acceptors (Lipinski definition) is 3. The van der Waals surface area contributed by atoms with Gasteiger partial charge in [0, 0.05) is 0 Å². The first-order chi connectivity index (χ1) is 6.15. The molecule has 0 heterocycles. The molecule has 0 bridgehead atoms. The van der Waals surface area contributed by atoms with Crippen LogP contribution in [0.4, 0.5) is 0 Å². The van der Waals surface area contributed by atoms with Crippen molar-refractivity contribution >= 4 is 5.97 Å². The van der Waals surface area contributed by atoms with Crippen LogP contribution in [0.2, 0.25) is 0 Å². The Labute approximate surface area is 79.8 Å².